The molecule has 112 valence electrons. The Kier molecular flexibility index (Phi) is 6.83. The monoisotopic (exact) mass is 282 g/mol. The van der Waals surface area contributed by atoms with Crippen LogP contribution in [0, 0.1) is 0 Å². The number of aliphatic hydroxyl groups is 1. The fourth-order valence-corrected chi connectivity index (χ4v) is 1.72. The van der Waals surface area contributed by atoms with Crippen LogP contribution < -0.4 is 15.8 Å². The molecule has 0 aliphatic heterocycles. The minimum Gasteiger partial charge on any atom is -0.491 e. The van der Waals surface area contributed by atoms with Gasteiger partial charge in [-0.05, 0) is 30.5 Å². The fourth-order valence-electron chi connectivity index (χ4n) is 1.72. The van der Waals surface area contributed by atoms with Gasteiger partial charge in [-0.15, -0.1) is 0 Å². The maximum Gasteiger partial charge on any atom is 0.323 e. The van der Waals surface area contributed by atoms with E-state index in [0.717, 1.165) is 12.0 Å². The quantitative estimate of drug-likeness (QED) is 0.495. The number of aliphatic hydroxyl groups excluding tert-OH is 1. The summed E-state index contributed by atoms with van der Waals surface area (Å²) in [7, 11) is 0. The van der Waals surface area contributed by atoms with Crippen LogP contribution in [0.1, 0.15) is 18.9 Å². The molecule has 0 aromatic heterocycles. The van der Waals surface area contributed by atoms with Gasteiger partial charge in [0.25, 0.3) is 0 Å². The number of nitrogens with two attached hydrogens (primary N) is 1. The zero-order valence-electron chi connectivity index (χ0n) is 11.6. The standard InChI is InChI=1S/C14H22N2O4/c1-2-7-20-13-4-3-10(8-11(13)15)5-6-16-12(9-17)14(18)19/h3-4,8,12,16-17H,2,5-7,9,15H2,1H3,(H,18,19). The minimum absolute atomic E-state index is 0.429. The summed E-state index contributed by atoms with van der Waals surface area (Å²) in [5, 5.41) is 20.4. The normalized spacial score (nSPS) is 12.1. The van der Waals surface area contributed by atoms with Crippen LogP contribution in [0.2, 0.25) is 0 Å². The Bertz CT molecular complexity index is 437. The van der Waals surface area contributed by atoms with Crippen molar-refractivity contribution < 1.29 is 19.7 Å². The van der Waals surface area contributed by atoms with E-state index in [2.05, 4.69) is 5.32 Å². The third kappa shape index (κ3) is 5.07. The summed E-state index contributed by atoms with van der Waals surface area (Å²) >= 11 is 0. The highest BCUT2D eigenvalue weighted by Crippen LogP contribution is 2.22. The number of rotatable bonds is 9. The van der Waals surface area contributed by atoms with E-state index in [1.807, 2.05) is 25.1 Å². The second-order valence-electron chi connectivity index (χ2n) is 4.50. The van der Waals surface area contributed by atoms with E-state index < -0.39 is 18.6 Å². The van der Waals surface area contributed by atoms with E-state index in [-0.39, 0.29) is 0 Å². The molecule has 5 N–H and O–H groups in total. The number of carboxylic acid groups (broad SMARTS) is 1. The van der Waals surface area contributed by atoms with Crippen molar-refractivity contribution in [3.63, 3.8) is 0 Å². The van der Waals surface area contributed by atoms with Gasteiger partial charge in [-0.1, -0.05) is 13.0 Å². The predicted molar refractivity (Wildman–Crippen MR) is 76.9 cm³/mol. The number of aliphatic carboxylic acids is 1. The fraction of sp³-hybridized carbons (Fsp3) is 0.500. The molecule has 0 bridgehead atoms. The smallest absolute Gasteiger partial charge is 0.323 e. The van der Waals surface area contributed by atoms with Crippen LogP contribution in [0.3, 0.4) is 0 Å². The molecule has 0 fully saturated rings. The molecule has 6 nitrogen and oxygen atoms in total. The summed E-state index contributed by atoms with van der Waals surface area (Å²) in [5.41, 5.74) is 7.45. The van der Waals surface area contributed by atoms with E-state index >= 15 is 0 Å². The summed E-state index contributed by atoms with van der Waals surface area (Å²) in [6.07, 6.45) is 1.55. The highest BCUT2D eigenvalue weighted by Gasteiger charge is 2.14. The number of benzene rings is 1. The van der Waals surface area contributed by atoms with E-state index in [1.54, 1.807) is 0 Å². The van der Waals surface area contributed by atoms with Gasteiger partial charge in [-0.3, -0.25) is 4.79 Å². The number of nitrogens with one attached hydrogen (secondary N) is 1. The second-order valence-corrected chi connectivity index (χ2v) is 4.50. The van der Waals surface area contributed by atoms with Gasteiger partial charge in [0.05, 0.1) is 18.9 Å². The maximum absolute atomic E-state index is 10.7. The van der Waals surface area contributed by atoms with Crippen molar-refractivity contribution >= 4 is 11.7 Å². The van der Waals surface area contributed by atoms with E-state index in [0.29, 0.717) is 31.0 Å². The number of hydrogen-bond donors (Lipinski definition) is 4. The summed E-state index contributed by atoms with van der Waals surface area (Å²) < 4.78 is 5.48. The average molecular weight is 282 g/mol. The number of carboxylic acids is 1. The number of nitrogen functional groups attached to an aromatic ring is 1. The largest absolute Gasteiger partial charge is 0.491 e. The zero-order chi connectivity index (χ0) is 15.0. The lowest BCUT2D eigenvalue weighted by Gasteiger charge is -2.12. The second kappa shape index (κ2) is 8.39. The molecule has 1 atom stereocenters. The molecule has 1 unspecified atom stereocenters. The van der Waals surface area contributed by atoms with Crippen LogP contribution in [-0.4, -0.2) is 42.0 Å². The van der Waals surface area contributed by atoms with Crippen molar-refractivity contribution in [1.82, 2.24) is 5.32 Å². The van der Waals surface area contributed by atoms with Gasteiger partial charge < -0.3 is 26.0 Å². The minimum atomic E-state index is -1.06. The van der Waals surface area contributed by atoms with Crippen molar-refractivity contribution in [2.45, 2.75) is 25.8 Å². The van der Waals surface area contributed by atoms with Crippen molar-refractivity contribution in [2.24, 2.45) is 0 Å². The number of ether oxygens (including phenoxy) is 1. The molecule has 1 aromatic carbocycles. The summed E-state index contributed by atoms with van der Waals surface area (Å²) in [6, 6.07) is 4.61. The van der Waals surface area contributed by atoms with Crippen molar-refractivity contribution in [3.05, 3.63) is 23.8 Å². The molecule has 0 heterocycles. The molecule has 0 radical (unpaired) electrons. The molecule has 0 saturated heterocycles. The van der Waals surface area contributed by atoms with E-state index in [4.69, 9.17) is 20.7 Å². The van der Waals surface area contributed by atoms with Gasteiger partial charge in [0, 0.05) is 6.54 Å². The summed E-state index contributed by atoms with van der Waals surface area (Å²) in [4.78, 5) is 10.7. The molecular weight excluding hydrogens is 260 g/mol. The third-order valence-electron chi connectivity index (χ3n) is 2.82. The van der Waals surface area contributed by atoms with Crippen molar-refractivity contribution in [1.29, 1.82) is 0 Å². The first kappa shape index (κ1) is 16.3. The molecule has 0 aliphatic rings. The Hall–Kier alpha value is -1.79. The van der Waals surface area contributed by atoms with Crippen LogP contribution in [0.5, 0.6) is 5.75 Å². The summed E-state index contributed by atoms with van der Waals surface area (Å²) in [6.45, 7) is 2.67. The van der Waals surface area contributed by atoms with Crippen molar-refractivity contribution in [2.75, 3.05) is 25.5 Å². The van der Waals surface area contributed by atoms with Gasteiger partial charge >= 0.3 is 5.97 Å². The number of carbonyl (C=O) groups is 1. The highest BCUT2D eigenvalue weighted by atomic mass is 16.5. The molecule has 6 heteroatoms. The van der Waals surface area contributed by atoms with Crippen molar-refractivity contribution in [3.8, 4) is 5.75 Å². The van der Waals surface area contributed by atoms with Gasteiger partial charge in [0.15, 0.2) is 0 Å². The van der Waals surface area contributed by atoms with Gasteiger partial charge in [0.2, 0.25) is 0 Å². The van der Waals surface area contributed by atoms with Crippen LogP contribution >= 0.6 is 0 Å². The molecule has 20 heavy (non-hydrogen) atoms. The van der Waals surface area contributed by atoms with Crippen LogP contribution in [0.25, 0.3) is 0 Å². The molecule has 0 amide bonds. The van der Waals surface area contributed by atoms with Crippen LogP contribution in [0.15, 0.2) is 18.2 Å². The predicted octanol–water partition coefficient (Wildman–Crippen LogP) is 0.635. The maximum atomic E-state index is 10.7. The Balaban J connectivity index is 2.48. The Labute approximate surface area is 118 Å². The topological polar surface area (TPSA) is 105 Å². The molecular formula is C14H22N2O4. The first-order valence-corrected chi connectivity index (χ1v) is 6.66. The molecule has 0 saturated carbocycles. The molecule has 1 rings (SSSR count). The summed E-state index contributed by atoms with van der Waals surface area (Å²) in [5.74, 6) is -0.391. The Morgan fingerprint density at radius 2 is 2.25 bits per heavy atom. The number of hydrogen-bond acceptors (Lipinski definition) is 5. The van der Waals surface area contributed by atoms with Gasteiger partial charge in [0.1, 0.15) is 11.8 Å². The lowest BCUT2D eigenvalue weighted by Crippen LogP contribution is -2.40. The van der Waals surface area contributed by atoms with Gasteiger partial charge in [-0.2, -0.15) is 0 Å². The number of anilines is 1. The highest BCUT2D eigenvalue weighted by molar-refractivity contribution is 5.73. The Morgan fingerprint density at radius 1 is 1.50 bits per heavy atom. The average Bonchev–Trinajstić information content (AvgIpc) is 2.42. The first-order valence-electron chi connectivity index (χ1n) is 6.66. The lowest BCUT2D eigenvalue weighted by atomic mass is 10.1. The van der Waals surface area contributed by atoms with Crippen LogP contribution in [0.4, 0.5) is 5.69 Å². The third-order valence-corrected chi connectivity index (χ3v) is 2.82. The zero-order valence-corrected chi connectivity index (χ0v) is 11.6. The lowest BCUT2D eigenvalue weighted by molar-refractivity contribution is -0.140. The SMILES string of the molecule is CCCOc1ccc(CCNC(CO)C(=O)O)cc1N. The Morgan fingerprint density at radius 3 is 2.80 bits per heavy atom. The molecule has 0 aliphatic carbocycles. The molecule has 0 spiro atoms. The van der Waals surface area contributed by atoms with E-state index in [9.17, 15) is 4.79 Å². The van der Waals surface area contributed by atoms with E-state index in [1.165, 1.54) is 0 Å². The molecule has 1 aromatic rings. The first-order chi connectivity index (χ1) is 9.58. The van der Waals surface area contributed by atoms with Gasteiger partial charge in [-0.25, -0.2) is 0 Å². The van der Waals surface area contributed by atoms with Crippen LogP contribution in [-0.2, 0) is 11.2 Å².